The van der Waals surface area contributed by atoms with Gasteiger partial charge in [-0.2, -0.15) is 0 Å². The molecule has 120 valence electrons. The summed E-state index contributed by atoms with van der Waals surface area (Å²) in [6.45, 7) is 0.430. The lowest BCUT2D eigenvalue weighted by molar-refractivity contribution is 0.0431. The first-order valence-electron chi connectivity index (χ1n) is 7.31. The zero-order chi connectivity index (χ0) is 15.9. The molecule has 5 heteroatoms. The van der Waals surface area contributed by atoms with Crippen LogP contribution in [0.2, 0.25) is 0 Å². The Balaban J connectivity index is 2.09. The third-order valence-corrected chi connectivity index (χ3v) is 3.73. The van der Waals surface area contributed by atoms with Gasteiger partial charge in [0, 0.05) is 0 Å². The lowest BCUT2D eigenvalue weighted by Crippen LogP contribution is -2.15. The van der Waals surface area contributed by atoms with Crippen LogP contribution in [0.4, 0.5) is 0 Å². The second kappa shape index (κ2) is 7.73. The number of benzene rings is 1. The summed E-state index contributed by atoms with van der Waals surface area (Å²) in [4.78, 5) is 12.2. The second-order valence-electron chi connectivity index (χ2n) is 5.16. The van der Waals surface area contributed by atoms with Gasteiger partial charge in [-0.25, -0.2) is 4.79 Å². The molecule has 2 rings (SSSR count). The fraction of sp³-hybridized carbons (Fsp3) is 0.471. The smallest absolute Gasteiger partial charge is 0.338 e. The Morgan fingerprint density at radius 2 is 1.77 bits per heavy atom. The molecule has 0 aromatic heterocycles. The predicted octanol–water partition coefficient (Wildman–Crippen LogP) is 3.23. The molecule has 1 aromatic carbocycles. The van der Waals surface area contributed by atoms with E-state index >= 15 is 0 Å². The molecular formula is C17H22O5. The maximum absolute atomic E-state index is 12.2. The number of methoxy groups -OCH3 is 3. The molecule has 1 atom stereocenters. The Hall–Kier alpha value is -2.17. The molecule has 0 N–H and O–H groups in total. The number of allylic oxidation sites excluding steroid dienone is 2. The lowest BCUT2D eigenvalue weighted by atomic mass is 9.95. The summed E-state index contributed by atoms with van der Waals surface area (Å²) in [5.74, 6) is 1.35. The maximum Gasteiger partial charge on any atom is 0.338 e. The van der Waals surface area contributed by atoms with Gasteiger partial charge in [0.05, 0.1) is 33.5 Å². The molecule has 0 spiro atoms. The molecule has 22 heavy (non-hydrogen) atoms. The van der Waals surface area contributed by atoms with Gasteiger partial charge in [-0.3, -0.25) is 0 Å². The molecule has 1 unspecified atom stereocenters. The van der Waals surface area contributed by atoms with Crippen LogP contribution in [0.25, 0.3) is 0 Å². The van der Waals surface area contributed by atoms with Crippen molar-refractivity contribution in [2.45, 2.75) is 19.3 Å². The first kappa shape index (κ1) is 16.2. The third kappa shape index (κ3) is 3.72. The number of esters is 1. The van der Waals surface area contributed by atoms with Gasteiger partial charge in [-0.05, 0) is 37.3 Å². The Bertz CT molecular complexity index is 525. The fourth-order valence-corrected chi connectivity index (χ4v) is 2.48. The highest BCUT2D eigenvalue weighted by molar-refractivity contribution is 5.91. The van der Waals surface area contributed by atoms with E-state index in [1.807, 2.05) is 0 Å². The topological polar surface area (TPSA) is 54.0 Å². The molecule has 5 nitrogen and oxygen atoms in total. The van der Waals surface area contributed by atoms with E-state index in [2.05, 4.69) is 12.2 Å². The number of ether oxygens (including phenoxy) is 4. The van der Waals surface area contributed by atoms with Crippen LogP contribution in [-0.4, -0.2) is 33.9 Å². The quantitative estimate of drug-likeness (QED) is 0.596. The number of carbonyl (C=O) groups excluding carboxylic acids is 1. The van der Waals surface area contributed by atoms with Gasteiger partial charge in [-0.15, -0.1) is 0 Å². The van der Waals surface area contributed by atoms with E-state index in [1.165, 1.54) is 21.3 Å². The van der Waals surface area contributed by atoms with Crippen LogP contribution in [0.5, 0.6) is 17.2 Å². The Morgan fingerprint density at radius 1 is 1.09 bits per heavy atom. The Kier molecular flexibility index (Phi) is 5.69. The molecular weight excluding hydrogens is 284 g/mol. The number of hydrogen-bond donors (Lipinski definition) is 0. The number of carbonyl (C=O) groups is 1. The molecule has 0 bridgehead atoms. The molecule has 1 aliphatic carbocycles. The summed E-state index contributed by atoms with van der Waals surface area (Å²) >= 11 is 0. The molecule has 0 amide bonds. The molecule has 0 radical (unpaired) electrons. The van der Waals surface area contributed by atoms with Gasteiger partial charge in [-0.1, -0.05) is 12.2 Å². The number of hydrogen-bond acceptors (Lipinski definition) is 5. The maximum atomic E-state index is 12.2. The van der Waals surface area contributed by atoms with E-state index in [0.29, 0.717) is 35.3 Å². The van der Waals surface area contributed by atoms with Crippen LogP contribution in [0, 0.1) is 5.92 Å². The van der Waals surface area contributed by atoms with Gasteiger partial charge in [0.2, 0.25) is 5.75 Å². The standard InChI is InChI=1S/C17H22O5/c1-19-14-9-13(10-15(20-2)16(14)21-3)17(18)22-11-12-7-5-4-6-8-12/h4-5,9-10,12H,6-8,11H2,1-3H3. The van der Waals surface area contributed by atoms with Crippen LogP contribution < -0.4 is 14.2 Å². The van der Waals surface area contributed by atoms with E-state index in [0.717, 1.165) is 19.3 Å². The average molecular weight is 306 g/mol. The van der Waals surface area contributed by atoms with Crippen LogP contribution in [0.15, 0.2) is 24.3 Å². The van der Waals surface area contributed by atoms with Crippen molar-refractivity contribution >= 4 is 5.97 Å². The van der Waals surface area contributed by atoms with Crippen LogP contribution in [0.3, 0.4) is 0 Å². The van der Waals surface area contributed by atoms with Crippen LogP contribution >= 0.6 is 0 Å². The van der Waals surface area contributed by atoms with E-state index in [9.17, 15) is 4.79 Å². The zero-order valence-electron chi connectivity index (χ0n) is 13.3. The van der Waals surface area contributed by atoms with Gasteiger partial charge in [0.25, 0.3) is 0 Å². The molecule has 0 fully saturated rings. The minimum absolute atomic E-state index is 0.381. The van der Waals surface area contributed by atoms with Crippen molar-refractivity contribution < 1.29 is 23.7 Å². The van der Waals surface area contributed by atoms with E-state index in [-0.39, 0.29) is 5.97 Å². The van der Waals surface area contributed by atoms with Crippen molar-refractivity contribution in [1.29, 1.82) is 0 Å². The van der Waals surface area contributed by atoms with Crippen LogP contribution in [-0.2, 0) is 4.74 Å². The highest BCUT2D eigenvalue weighted by Crippen LogP contribution is 2.38. The van der Waals surface area contributed by atoms with Crippen LogP contribution in [0.1, 0.15) is 29.6 Å². The Labute approximate surface area is 130 Å². The summed E-state index contributed by atoms with van der Waals surface area (Å²) < 4.78 is 21.1. The highest BCUT2D eigenvalue weighted by atomic mass is 16.5. The first-order chi connectivity index (χ1) is 10.7. The second-order valence-corrected chi connectivity index (χ2v) is 5.16. The van der Waals surface area contributed by atoms with Gasteiger partial charge < -0.3 is 18.9 Å². The average Bonchev–Trinajstić information content (AvgIpc) is 2.59. The molecule has 0 aliphatic heterocycles. The van der Waals surface area contributed by atoms with E-state index in [1.54, 1.807) is 12.1 Å². The van der Waals surface area contributed by atoms with Crippen molar-refractivity contribution in [3.8, 4) is 17.2 Å². The predicted molar refractivity (Wildman–Crippen MR) is 82.9 cm³/mol. The molecule has 0 heterocycles. The molecule has 0 saturated carbocycles. The van der Waals surface area contributed by atoms with Gasteiger partial charge in [0.15, 0.2) is 11.5 Å². The van der Waals surface area contributed by atoms with Crippen molar-refractivity contribution in [3.63, 3.8) is 0 Å². The van der Waals surface area contributed by atoms with Gasteiger partial charge >= 0.3 is 5.97 Å². The largest absolute Gasteiger partial charge is 0.493 e. The summed E-state index contributed by atoms with van der Waals surface area (Å²) in [6.07, 6.45) is 7.37. The van der Waals surface area contributed by atoms with Gasteiger partial charge in [0.1, 0.15) is 0 Å². The first-order valence-corrected chi connectivity index (χ1v) is 7.31. The van der Waals surface area contributed by atoms with E-state index in [4.69, 9.17) is 18.9 Å². The SMILES string of the molecule is COc1cc(C(=O)OCC2CC=CCC2)cc(OC)c1OC. The molecule has 1 aliphatic rings. The minimum Gasteiger partial charge on any atom is -0.493 e. The highest BCUT2D eigenvalue weighted by Gasteiger charge is 2.19. The van der Waals surface area contributed by atoms with E-state index < -0.39 is 0 Å². The van der Waals surface area contributed by atoms with Crippen molar-refractivity contribution in [2.24, 2.45) is 5.92 Å². The third-order valence-electron chi connectivity index (χ3n) is 3.73. The normalized spacial score (nSPS) is 17.0. The Morgan fingerprint density at radius 3 is 2.27 bits per heavy atom. The summed E-state index contributed by atoms with van der Waals surface area (Å²) in [5, 5.41) is 0. The minimum atomic E-state index is -0.381. The van der Waals surface area contributed by atoms with Crippen molar-refractivity contribution in [3.05, 3.63) is 29.8 Å². The fourth-order valence-electron chi connectivity index (χ4n) is 2.48. The lowest BCUT2D eigenvalue weighted by Gasteiger charge is -2.18. The summed E-state index contributed by atoms with van der Waals surface area (Å²) in [7, 11) is 4.55. The summed E-state index contributed by atoms with van der Waals surface area (Å²) in [5.41, 5.74) is 0.390. The summed E-state index contributed by atoms with van der Waals surface area (Å²) in [6, 6.07) is 3.20. The molecule has 0 saturated heterocycles. The number of rotatable bonds is 6. The molecule has 1 aromatic rings. The zero-order valence-corrected chi connectivity index (χ0v) is 13.3. The van der Waals surface area contributed by atoms with Crippen molar-refractivity contribution in [2.75, 3.05) is 27.9 Å². The van der Waals surface area contributed by atoms with Crippen molar-refractivity contribution in [1.82, 2.24) is 0 Å². The monoisotopic (exact) mass is 306 g/mol.